The van der Waals surface area contributed by atoms with Crippen molar-refractivity contribution >= 4 is 23.5 Å². The molecule has 3 rings (SSSR count). The van der Waals surface area contributed by atoms with Gasteiger partial charge in [-0.05, 0) is 56.0 Å². The summed E-state index contributed by atoms with van der Waals surface area (Å²) in [5.74, 6) is 0.754. The molecule has 1 saturated carbocycles. The van der Waals surface area contributed by atoms with Gasteiger partial charge in [0.2, 0.25) is 0 Å². The van der Waals surface area contributed by atoms with E-state index in [2.05, 4.69) is 28.8 Å². The van der Waals surface area contributed by atoms with Crippen molar-refractivity contribution in [2.24, 2.45) is 11.8 Å². The van der Waals surface area contributed by atoms with Crippen LogP contribution in [0.1, 0.15) is 50.1 Å². The minimum absolute atomic E-state index is 0.0616. The minimum atomic E-state index is -0.673. The van der Waals surface area contributed by atoms with Crippen LogP contribution in [0.5, 0.6) is 0 Å². The molecule has 0 radical (unpaired) electrons. The molecule has 1 aromatic rings. The molecule has 7 heteroatoms. The summed E-state index contributed by atoms with van der Waals surface area (Å²) >= 11 is 1.25. The number of rotatable bonds is 6. The molecule has 0 unspecified atom stereocenters. The average molecular weight is 322 g/mol. The zero-order valence-corrected chi connectivity index (χ0v) is 14.1. The van der Waals surface area contributed by atoms with Crippen molar-refractivity contribution in [1.29, 1.82) is 0 Å². The molecular weight excluding hydrogens is 300 g/mol. The zero-order valence-electron chi connectivity index (χ0n) is 13.3. The van der Waals surface area contributed by atoms with Crippen molar-refractivity contribution in [2.75, 3.05) is 0 Å². The molecule has 0 spiro atoms. The van der Waals surface area contributed by atoms with Crippen LogP contribution in [0.15, 0.2) is 0 Å². The van der Waals surface area contributed by atoms with Gasteiger partial charge >= 0.3 is 6.03 Å². The van der Waals surface area contributed by atoms with Gasteiger partial charge in [-0.1, -0.05) is 18.3 Å². The van der Waals surface area contributed by atoms with Crippen LogP contribution in [0.25, 0.3) is 0 Å². The molecule has 0 aromatic carbocycles. The lowest BCUT2D eigenvalue weighted by Gasteiger charge is -2.27. The molecule has 1 aromatic heterocycles. The summed E-state index contributed by atoms with van der Waals surface area (Å²) in [5.41, 5.74) is 0.115. The van der Waals surface area contributed by atoms with Gasteiger partial charge in [0.15, 0.2) is 0 Å². The van der Waals surface area contributed by atoms with E-state index in [4.69, 9.17) is 0 Å². The third kappa shape index (κ3) is 2.62. The van der Waals surface area contributed by atoms with Crippen LogP contribution in [0.3, 0.4) is 0 Å². The first-order chi connectivity index (χ1) is 10.4. The number of imide groups is 1. The lowest BCUT2D eigenvalue weighted by atomic mass is 9.85. The van der Waals surface area contributed by atoms with Gasteiger partial charge in [0.25, 0.3) is 5.91 Å². The van der Waals surface area contributed by atoms with Gasteiger partial charge in [0, 0.05) is 0 Å². The number of amides is 3. The summed E-state index contributed by atoms with van der Waals surface area (Å²) < 4.78 is 3.88. The van der Waals surface area contributed by atoms with Crippen LogP contribution in [0.4, 0.5) is 4.79 Å². The molecule has 2 heterocycles. The van der Waals surface area contributed by atoms with E-state index in [0.29, 0.717) is 11.8 Å². The highest BCUT2D eigenvalue weighted by molar-refractivity contribution is 7.05. The highest BCUT2D eigenvalue weighted by atomic mass is 32.1. The number of carbonyl (C=O) groups excluding carboxylic acids is 2. The van der Waals surface area contributed by atoms with E-state index in [1.807, 2.05) is 6.92 Å². The Kier molecular flexibility index (Phi) is 3.92. The zero-order chi connectivity index (χ0) is 15.9. The Morgan fingerprint density at radius 1 is 1.41 bits per heavy atom. The van der Waals surface area contributed by atoms with E-state index >= 15 is 0 Å². The Bertz CT molecular complexity index is 596. The van der Waals surface area contributed by atoms with Crippen molar-refractivity contribution in [3.8, 4) is 0 Å². The van der Waals surface area contributed by atoms with E-state index in [1.165, 1.54) is 16.4 Å². The van der Waals surface area contributed by atoms with Crippen molar-refractivity contribution in [1.82, 2.24) is 19.8 Å². The SMILES string of the molecule is Cc1nnsc1CN1C(=O)N[C@@](CCC(C)C)(C2CC2)C1=O. The molecule has 120 valence electrons. The van der Waals surface area contributed by atoms with Crippen LogP contribution in [0, 0.1) is 18.8 Å². The smallest absolute Gasteiger partial charge is 0.323 e. The van der Waals surface area contributed by atoms with Crippen LogP contribution in [-0.4, -0.2) is 32.0 Å². The van der Waals surface area contributed by atoms with E-state index in [-0.39, 0.29) is 18.5 Å². The summed E-state index contributed by atoms with van der Waals surface area (Å²) in [4.78, 5) is 27.6. The van der Waals surface area contributed by atoms with Gasteiger partial charge in [-0.2, -0.15) is 0 Å². The van der Waals surface area contributed by atoms with Crippen LogP contribution >= 0.6 is 11.5 Å². The van der Waals surface area contributed by atoms with Crippen molar-refractivity contribution in [3.05, 3.63) is 10.6 Å². The predicted molar refractivity (Wildman–Crippen MR) is 83.3 cm³/mol. The fourth-order valence-electron chi connectivity index (χ4n) is 3.07. The number of hydrogen-bond donors (Lipinski definition) is 1. The van der Waals surface area contributed by atoms with Gasteiger partial charge in [-0.25, -0.2) is 4.79 Å². The number of carbonyl (C=O) groups is 2. The first-order valence-corrected chi connectivity index (χ1v) is 8.63. The van der Waals surface area contributed by atoms with E-state index in [9.17, 15) is 9.59 Å². The molecule has 6 nitrogen and oxygen atoms in total. The van der Waals surface area contributed by atoms with Gasteiger partial charge < -0.3 is 5.32 Å². The summed E-state index contributed by atoms with van der Waals surface area (Å²) in [6.45, 7) is 6.42. The monoisotopic (exact) mass is 322 g/mol. The van der Waals surface area contributed by atoms with Crippen molar-refractivity contribution in [2.45, 2.75) is 58.5 Å². The fraction of sp³-hybridized carbons (Fsp3) is 0.733. The van der Waals surface area contributed by atoms with Crippen molar-refractivity contribution < 1.29 is 9.59 Å². The second-order valence-electron chi connectivity index (χ2n) is 6.78. The van der Waals surface area contributed by atoms with E-state index in [1.54, 1.807) is 0 Å². The van der Waals surface area contributed by atoms with E-state index in [0.717, 1.165) is 36.3 Å². The normalized spacial score (nSPS) is 25.2. The lowest BCUT2D eigenvalue weighted by molar-refractivity contribution is -0.132. The molecule has 0 bridgehead atoms. The Labute approximate surface area is 134 Å². The summed E-state index contributed by atoms with van der Waals surface area (Å²) in [7, 11) is 0. The largest absolute Gasteiger partial charge is 0.325 e. The molecule has 1 atom stereocenters. The highest BCUT2D eigenvalue weighted by Crippen LogP contribution is 2.46. The minimum Gasteiger partial charge on any atom is -0.323 e. The number of nitrogens with zero attached hydrogens (tertiary/aromatic N) is 3. The molecule has 1 aliphatic carbocycles. The Hall–Kier alpha value is -1.50. The van der Waals surface area contributed by atoms with Gasteiger partial charge in [0.1, 0.15) is 5.54 Å². The molecule has 1 N–H and O–H groups in total. The fourth-order valence-corrected chi connectivity index (χ4v) is 3.69. The first kappa shape index (κ1) is 15.4. The summed E-state index contributed by atoms with van der Waals surface area (Å²) in [6, 6.07) is -0.270. The maximum atomic E-state index is 13.0. The van der Waals surface area contributed by atoms with Crippen LogP contribution in [0.2, 0.25) is 0 Å². The maximum Gasteiger partial charge on any atom is 0.325 e. The standard InChI is InChI=1S/C15H22N4O2S/c1-9(2)6-7-15(11-4-5-11)13(20)19(14(21)16-15)8-12-10(3)17-18-22-12/h9,11H,4-8H2,1-3H3,(H,16,21)/t15-/m0/s1. The van der Waals surface area contributed by atoms with Crippen molar-refractivity contribution in [3.63, 3.8) is 0 Å². The molecular formula is C15H22N4O2S. The number of hydrogen-bond acceptors (Lipinski definition) is 5. The third-order valence-electron chi connectivity index (χ3n) is 4.64. The quantitative estimate of drug-likeness (QED) is 0.817. The lowest BCUT2D eigenvalue weighted by Crippen LogP contribution is -2.49. The molecule has 2 aliphatic rings. The molecule has 1 aliphatic heterocycles. The number of urea groups is 1. The second kappa shape index (κ2) is 5.61. The maximum absolute atomic E-state index is 13.0. The molecule has 1 saturated heterocycles. The van der Waals surface area contributed by atoms with Crippen LogP contribution < -0.4 is 5.32 Å². The number of aryl methyl sites for hydroxylation is 1. The Morgan fingerprint density at radius 3 is 2.68 bits per heavy atom. The highest BCUT2D eigenvalue weighted by Gasteiger charge is 2.58. The van der Waals surface area contributed by atoms with Crippen LogP contribution in [-0.2, 0) is 11.3 Å². The molecule has 2 fully saturated rings. The Balaban J connectivity index is 1.81. The number of aromatic nitrogens is 2. The Morgan fingerprint density at radius 2 is 2.14 bits per heavy atom. The predicted octanol–water partition coefficient (Wildman–Crippen LogP) is 2.48. The average Bonchev–Trinajstić information content (AvgIpc) is 3.19. The third-order valence-corrected chi connectivity index (χ3v) is 5.45. The molecule has 22 heavy (non-hydrogen) atoms. The topological polar surface area (TPSA) is 75.2 Å². The van der Waals surface area contributed by atoms with Gasteiger partial charge in [-0.15, -0.1) is 5.10 Å². The summed E-state index contributed by atoms with van der Waals surface area (Å²) in [5, 5.41) is 6.97. The molecule has 3 amide bonds. The summed E-state index contributed by atoms with van der Waals surface area (Å²) in [6.07, 6.45) is 3.73. The van der Waals surface area contributed by atoms with E-state index < -0.39 is 5.54 Å². The number of nitrogens with one attached hydrogen (secondary N) is 1. The van der Waals surface area contributed by atoms with Gasteiger partial charge in [-0.3, -0.25) is 9.69 Å². The second-order valence-corrected chi connectivity index (χ2v) is 7.62. The first-order valence-electron chi connectivity index (χ1n) is 7.86. The van der Waals surface area contributed by atoms with Gasteiger partial charge in [0.05, 0.1) is 17.1 Å².